The van der Waals surface area contributed by atoms with Gasteiger partial charge < -0.3 is 4.42 Å². The lowest BCUT2D eigenvalue weighted by Crippen LogP contribution is -2.15. The van der Waals surface area contributed by atoms with E-state index in [0.717, 1.165) is 16.7 Å². The molecule has 1 heterocycles. The molecule has 0 fully saturated rings. The fourth-order valence-corrected chi connectivity index (χ4v) is 7.58. The molecule has 0 spiro atoms. The molecule has 0 N–H and O–H groups in total. The van der Waals surface area contributed by atoms with Crippen molar-refractivity contribution in [1.29, 1.82) is 0 Å². The number of fused-ring (bicyclic) bond motifs is 7. The van der Waals surface area contributed by atoms with Gasteiger partial charge in [-0.1, -0.05) is 141 Å². The minimum Gasteiger partial charge on any atom is -0.455 e. The summed E-state index contributed by atoms with van der Waals surface area (Å²) in [6.07, 6.45) is 0. The van der Waals surface area contributed by atoms with E-state index in [9.17, 15) is 0 Å². The van der Waals surface area contributed by atoms with Gasteiger partial charge in [0.25, 0.3) is 0 Å². The molecule has 9 rings (SSSR count). The summed E-state index contributed by atoms with van der Waals surface area (Å²) in [6, 6.07) is 56.9. The van der Waals surface area contributed by atoms with Gasteiger partial charge in [0.05, 0.1) is 0 Å². The molecule has 8 aromatic rings. The third-order valence-electron chi connectivity index (χ3n) is 9.84. The minimum absolute atomic E-state index is 0.231. The molecule has 0 atom stereocenters. The highest BCUT2D eigenvalue weighted by Crippen LogP contribution is 2.56. The van der Waals surface area contributed by atoms with Gasteiger partial charge in [0, 0.05) is 21.8 Å². The molecule has 1 aromatic heterocycles. The normalized spacial score (nSPS) is 13.2. The van der Waals surface area contributed by atoms with E-state index in [4.69, 9.17) is 4.42 Å². The Morgan fingerprint density at radius 2 is 0.957 bits per heavy atom. The van der Waals surface area contributed by atoms with Crippen LogP contribution in [-0.4, -0.2) is 0 Å². The van der Waals surface area contributed by atoms with Crippen LogP contribution in [0.1, 0.15) is 25.0 Å². The zero-order chi connectivity index (χ0) is 30.8. The lowest BCUT2D eigenvalue weighted by molar-refractivity contribution is 0.657. The predicted octanol–water partition coefficient (Wildman–Crippen LogP) is 12.6. The fourth-order valence-electron chi connectivity index (χ4n) is 7.58. The first-order chi connectivity index (χ1) is 22.6. The molecule has 218 valence electrons. The van der Waals surface area contributed by atoms with Crippen LogP contribution in [-0.2, 0) is 5.41 Å². The number of rotatable bonds is 4. The molecule has 1 aliphatic rings. The summed E-state index contributed by atoms with van der Waals surface area (Å²) in [5.41, 5.74) is 16.6. The van der Waals surface area contributed by atoms with Gasteiger partial charge in [-0.15, -0.1) is 0 Å². The van der Waals surface area contributed by atoms with E-state index >= 15 is 0 Å². The highest BCUT2D eigenvalue weighted by Gasteiger charge is 2.39. The van der Waals surface area contributed by atoms with Crippen LogP contribution in [0.25, 0.3) is 77.6 Å². The van der Waals surface area contributed by atoms with Crippen LogP contribution in [0.3, 0.4) is 0 Å². The van der Waals surface area contributed by atoms with Gasteiger partial charge in [0.1, 0.15) is 11.2 Å². The van der Waals surface area contributed by atoms with Crippen molar-refractivity contribution in [2.45, 2.75) is 19.3 Å². The highest BCUT2D eigenvalue weighted by atomic mass is 16.3. The number of benzene rings is 7. The van der Waals surface area contributed by atoms with E-state index in [-0.39, 0.29) is 5.41 Å². The van der Waals surface area contributed by atoms with E-state index < -0.39 is 0 Å². The molecular formula is C45H32O. The maximum atomic E-state index is 6.79. The lowest BCUT2D eigenvalue weighted by atomic mass is 9.79. The number of furan rings is 1. The van der Waals surface area contributed by atoms with Crippen molar-refractivity contribution in [3.05, 3.63) is 169 Å². The molecule has 0 saturated heterocycles. The summed E-state index contributed by atoms with van der Waals surface area (Å²) < 4.78 is 6.79. The predicted molar refractivity (Wildman–Crippen MR) is 193 cm³/mol. The van der Waals surface area contributed by atoms with Gasteiger partial charge in [0.15, 0.2) is 0 Å². The van der Waals surface area contributed by atoms with Crippen molar-refractivity contribution >= 4 is 21.9 Å². The first-order valence-electron chi connectivity index (χ1n) is 16.0. The Morgan fingerprint density at radius 1 is 0.413 bits per heavy atom. The molecular weight excluding hydrogens is 556 g/mol. The summed E-state index contributed by atoms with van der Waals surface area (Å²) in [5.74, 6) is 0. The summed E-state index contributed by atoms with van der Waals surface area (Å²) in [6.45, 7) is 4.76. The standard InChI is InChI=1S/C45H32O/c1-45(2)40-27-35(33-20-12-19-32(25-33)29-13-6-3-7-14-29)21-23-36(40)38-28-37(31-17-10-5-11-18-31)44-42(43(38)45)39-26-34(22-24-41(39)46-44)30-15-8-4-9-16-30/h3-28H,1-2H3. The van der Waals surface area contributed by atoms with E-state index in [1.165, 1.54) is 72.0 Å². The molecule has 7 aromatic carbocycles. The first kappa shape index (κ1) is 26.7. The fraction of sp³-hybridized carbons (Fsp3) is 0.0667. The third-order valence-corrected chi connectivity index (χ3v) is 9.84. The molecule has 46 heavy (non-hydrogen) atoms. The second kappa shape index (κ2) is 10.2. The van der Waals surface area contributed by atoms with E-state index in [2.05, 4.69) is 172 Å². The van der Waals surface area contributed by atoms with Gasteiger partial charge in [-0.2, -0.15) is 0 Å². The van der Waals surface area contributed by atoms with E-state index in [0.29, 0.717) is 0 Å². The molecule has 1 heteroatoms. The summed E-state index contributed by atoms with van der Waals surface area (Å²) >= 11 is 0. The van der Waals surface area contributed by atoms with Crippen LogP contribution in [0.4, 0.5) is 0 Å². The average Bonchev–Trinajstić information content (AvgIpc) is 3.60. The Morgan fingerprint density at radius 3 is 1.63 bits per heavy atom. The number of hydrogen-bond donors (Lipinski definition) is 0. The molecule has 0 radical (unpaired) electrons. The molecule has 0 aliphatic heterocycles. The largest absolute Gasteiger partial charge is 0.455 e. The van der Waals surface area contributed by atoms with Crippen LogP contribution >= 0.6 is 0 Å². The minimum atomic E-state index is -0.231. The van der Waals surface area contributed by atoms with Crippen LogP contribution in [0.2, 0.25) is 0 Å². The number of hydrogen-bond acceptors (Lipinski definition) is 1. The second-order valence-electron chi connectivity index (χ2n) is 12.9. The Labute approximate surface area is 269 Å². The van der Waals surface area contributed by atoms with Gasteiger partial charge in [-0.25, -0.2) is 0 Å². The van der Waals surface area contributed by atoms with Crippen molar-refractivity contribution in [2.75, 3.05) is 0 Å². The van der Waals surface area contributed by atoms with Crippen molar-refractivity contribution in [2.24, 2.45) is 0 Å². The van der Waals surface area contributed by atoms with Gasteiger partial charge in [-0.3, -0.25) is 0 Å². The van der Waals surface area contributed by atoms with Crippen molar-refractivity contribution in [3.8, 4) is 55.6 Å². The smallest absolute Gasteiger partial charge is 0.143 e. The summed E-state index contributed by atoms with van der Waals surface area (Å²) in [5, 5.41) is 2.39. The first-order valence-corrected chi connectivity index (χ1v) is 16.0. The maximum Gasteiger partial charge on any atom is 0.143 e. The zero-order valence-corrected chi connectivity index (χ0v) is 25.9. The van der Waals surface area contributed by atoms with Crippen LogP contribution < -0.4 is 0 Å². The molecule has 0 unspecified atom stereocenters. The van der Waals surface area contributed by atoms with Gasteiger partial charge >= 0.3 is 0 Å². The van der Waals surface area contributed by atoms with Crippen molar-refractivity contribution in [3.63, 3.8) is 0 Å². The quantitative estimate of drug-likeness (QED) is 0.199. The highest BCUT2D eigenvalue weighted by molar-refractivity contribution is 6.16. The topological polar surface area (TPSA) is 13.1 Å². The summed E-state index contributed by atoms with van der Waals surface area (Å²) in [4.78, 5) is 0. The van der Waals surface area contributed by atoms with E-state index in [1.807, 2.05) is 0 Å². The third kappa shape index (κ3) is 4.09. The SMILES string of the molecule is CC1(C)c2cc(-c3cccc(-c4ccccc4)c3)ccc2-c2cc(-c3ccccc3)c3oc4ccc(-c5ccccc5)cc4c3c21. The van der Waals surface area contributed by atoms with Gasteiger partial charge in [-0.05, 0) is 91.5 Å². The zero-order valence-electron chi connectivity index (χ0n) is 25.9. The Bertz CT molecular complexity index is 2410. The van der Waals surface area contributed by atoms with Crippen molar-refractivity contribution in [1.82, 2.24) is 0 Å². The van der Waals surface area contributed by atoms with Crippen LogP contribution in [0, 0.1) is 0 Å². The molecule has 0 amide bonds. The molecule has 0 bridgehead atoms. The van der Waals surface area contributed by atoms with Gasteiger partial charge in [0.2, 0.25) is 0 Å². The maximum absolute atomic E-state index is 6.79. The Kier molecular flexibility index (Phi) is 5.92. The lowest BCUT2D eigenvalue weighted by Gasteiger charge is -2.23. The van der Waals surface area contributed by atoms with Crippen LogP contribution in [0.5, 0.6) is 0 Å². The molecule has 1 aliphatic carbocycles. The van der Waals surface area contributed by atoms with Crippen molar-refractivity contribution < 1.29 is 4.42 Å². The second-order valence-corrected chi connectivity index (χ2v) is 12.9. The van der Waals surface area contributed by atoms with Crippen LogP contribution in [0.15, 0.2) is 162 Å². The van der Waals surface area contributed by atoms with E-state index in [1.54, 1.807) is 0 Å². The molecule has 0 saturated carbocycles. The Balaban J connectivity index is 1.28. The molecule has 1 nitrogen and oxygen atoms in total. The monoisotopic (exact) mass is 588 g/mol. The Hall–Kier alpha value is -5.66. The summed E-state index contributed by atoms with van der Waals surface area (Å²) in [7, 11) is 0. The average molecular weight is 589 g/mol.